The first-order valence-electron chi connectivity index (χ1n) is 9.40. The first-order chi connectivity index (χ1) is 13.8. The summed E-state index contributed by atoms with van der Waals surface area (Å²) >= 11 is 5.40. The van der Waals surface area contributed by atoms with Gasteiger partial charge in [0.15, 0.2) is 10.6 Å². The van der Waals surface area contributed by atoms with Crippen LogP contribution < -0.4 is 0 Å². The number of unbranched alkanes of at least 4 members (excludes halogenated alkanes) is 1. The van der Waals surface area contributed by atoms with Crippen LogP contribution in [0.2, 0.25) is 0 Å². The zero-order valence-corrected chi connectivity index (χ0v) is 17.5. The summed E-state index contributed by atoms with van der Waals surface area (Å²) in [5, 5.41) is 27.8. The van der Waals surface area contributed by atoms with E-state index >= 15 is 0 Å². The van der Waals surface area contributed by atoms with Crippen molar-refractivity contribution in [3.05, 3.63) is 52.3 Å². The van der Waals surface area contributed by atoms with E-state index in [0.29, 0.717) is 22.7 Å². The number of phenols is 2. The second-order valence-electron chi connectivity index (χ2n) is 6.94. The van der Waals surface area contributed by atoms with E-state index in [1.165, 1.54) is 6.07 Å². The monoisotopic (exact) mass is 412 g/mol. The lowest BCUT2D eigenvalue weighted by Gasteiger charge is -2.18. The molecule has 0 spiro atoms. The number of carbonyl (C=O) groups is 1. The molecule has 0 unspecified atom stereocenters. The van der Waals surface area contributed by atoms with Crippen LogP contribution in [-0.4, -0.2) is 49.4 Å². The number of hydrogen-bond donors (Lipinski definition) is 3. The molecule has 0 radical (unpaired) electrons. The molecule has 0 atom stereocenters. The molecule has 0 saturated heterocycles. The molecular weight excluding hydrogens is 388 g/mol. The van der Waals surface area contributed by atoms with Gasteiger partial charge in [-0.05, 0) is 43.3 Å². The molecule has 1 amide bonds. The molecule has 0 fully saturated rings. The average molecular weight is 413 g/mol. The van der Waals surface area contributed by atoms with E-state index in [1.54, 1.807) is 16.5 Å². The number of benzene rings is 2. The van der Waals surface area contributed by atoms with Crippen molar-refractivity contribution in [2.45, 2.75) is 26.7 Å². The minimum Gasteiger partial charge on any atom is -0.507 e. The molecule has 7 nitrogen and oxygen atoms in total. The van der Waals surface area contributed by atoms with E-state index in [0.717, 1.165) is 30.2 Å². The molecule has 2 aromatic carbocycles. The fraction of sp³-hybridized carbons (Fsp3) is 0.286. The van der Waals surface area contributed by atoms with Crippen molar-refractivity contribution in [3.8, 4) is 28.6 Å². The molecule has 152 valence electrons. The fourth-order valence-electron chi connectivity index (χ4n) is 3.15. The number of H-pyrrole nitrogens is 1. The number of para-hydroxylation sites is 1. The highest BCUT2D eigenvalue weighted by Crippen LogP contribution is 2.36. The molecule has 1 aromatic heterocycles. The molecule has 29 heavy (non-hydrogen) atoms. The lowest BCUT2D eigenvalue weighted by molar-refractivity contribution is 0.0790. The van der Waals surface area contributed by atoms with Crippen LogP contribution in [0.5, 0.6) is 11.5 Å². The molecule has 3 aromatic rings. The zero-order chi connectivity index (χ0) is 21.1. The van der Waals surface area contributed by atoms with Gasteiger partial charge in [-0.3, -0.25) is 14.5 Å². The Hall–Kier alpha value is -3.13. The third kappa shape index (κ3) is 4.02. The number of aromatic hydroxyl groups is 2. The maximum absolute atomic E-state index is 12.8. The Bertz CT molecular complexity index is 1100. The van der Waals surface area contributed by atoms with Crippen LogP contribution in [-0.2, 0) is 0 Å². The molecule has 0 aliphatic carbocycles. The molecule has 8 heteroatoms. The third-order valence-electron chi connectivity index (χ3n) is 4.81. The quantitative estimate of drug-likeness (QED) is 0.528. The van der Waals surface area contributed by atoms with E-state index < -0.39 is 0 Å². The highest BCUT2D eigenvalue weighted by Gasteiger charge is 2.22. The zero-order valence-electron chi connectivity index (χ0n) is 16.6. The Kier molecular flexibility index (Phi) is 6.03. The number of carbonyl (C=O) groups excluding carboxylic acids is 1. The van der Waals surface area contributed by atoms with E-state index in [4.69, 9.17) is 12.2 Å². The second-order valence-corrected chi connectivity index (χ2v) is 7.33. The van der Waals surface area contributed by atoms with Crippen molar-refractivity contribution in [1.29, 1.82) is 0 Å². The standard InChI is InChI=1S/C21H24N4O3S/c1-4-5-10-24(3)20(28)15-11-14(17(26)12-18(15)27)19-22-23-21(29)25(19)16-9-7-6-8-13(16)2/h6-9,11-12,26-27H,4-5,10H2,1-3H3,(H,23,29). The van der Waals surface area contributed by atoms with Gasteiger partial charge < -0.3 is 15.1 Å². The average Bonchev–Trinajstić information content (AvgIpc) is 3.07. The van der Waals surface area contributed by atoms with E-state index in [-0.39, 0.29) is 23.0 Å². The van der Waals surface area contributed by atoms with Gasteiger partial charge in [0.25, 0.3) is 5.91 Å². The van der Waals surface area contributed by atoms with Gasteiger partial charge in [0.1, 0.15) is 11.5 Å². The highest BCUT2D eigenvalue weighted by atomic mass is 32.1. The minimum atomic E-state index is -0.325. The van der Waals surface area contributed by atoms with Gasteiger partial charge in [-0.15, -0.1) is 0 Å². The highest BCUT2D eigenvalue weighted by molar-refractivity contribution is 7.71. The Balaban J connectivity index is 2.13. The van der Waals surface area contributed by atoms with Crippen molar-refractivity contribution >= 4 is 18.1 Å². The number of aromatic amines is 1. The maximum Gasteiger partial charge on any atom is 0.257 e. The van der Waals surface area contributed by atoms with Crippen LogP contribution in [0.15, 0.2) is 36.4 Å². The van der Waals surface area contributed by atoms with Crippen molar-refractivity contribution in [2.75, 3.05) is 13.6 Å². The smallest absolute Gasteiger partial charge is 0.257 e. The number of aryl methyl sites for hydroxylation is 1. The van der Waals surface area contributed by atoms with Crippen molar-refractivity contribution in [2.24, 2.45) is 0 Å². The number of nitrogens with one attached hydrogen (secondary N) is 1. The summed E-state index contributed by atoms with van der Waals surface area (Å²) in [6, 6.07) is 10.3. The number of amides is 1. The van der Waals surface area contributed by atoms with Crippen molar-refractivity contribution < 1.29 is 15.0 Å². The van der Waals surface area contributed by atoms with Gasteiger partial charge in [0.05, 0.1) is 16.8 Å². The molecule has 0 bridgehead atoms. The normalized spacial score (nSPS) is 10.9. The summed E-state index contributed by atoms with van der Waals surface area (Å²) in [6.07, 6.45) is 1.82. The fourth-order valence-corrected chi connectivity index (χ4v) is 3.38. The molecule has 0 saturated carbocycles. The van der Waals surface area contributed by atoms with E-state index in [9.17, 15) is 15.0 Å². The Labute approximate surface area is 174 Å². The van der Waals surface area contributed by atoms with Gasteiger partial charge in [-0.2, -0.15) is 5.10 Å². The van der Waals surface area contributed by atoms with Gasteiger partial charge in [0.2, 0.25) is 0 Å². The van der Waals surface area contributed by atoms with Crippen LogP contribution in [0, 0.1) is 11.7 Å². The first kappa shape index (κ1) is 20.6. The van der Waals surface area contributed by atoms with Crippen LogP contribution in [0.25, 0.3) is 17.1 Å². The molecule has 3 N–H and O–H groups in total. The van der Waals surface area contributed by atoms with Gasteiger partial charge in [-0.25, -0.2) is 0 Å². The van der Waals surface area contributed by atoms with Crippen LogP contribution in [0.1, 0.15) is 35.7 Å². The van der Waals surface area contributed by atoms with Crippen LogP contribution in [0.4, 0.5) is 0 Å². The number of phenolic OH excluding ortho intramolecular Hbond substituents is 2. The Morgan fingerprint density at radius 1 is 1.24 bits per heavy atom. The summed E-state index contributed by atoms with van der Waals surface area (Å²) in [5.74, 6) is -0.448. The molecular formula is C21H24N4O3S. The van der Waals surface area contributed by atoms with Gasteiger partial charge in [-0.1, -0.05) is 31.5 Å². The Morgan fingerprint density at radius 2 is 1.97 bits per heavy atom. The summed E-state index contributed by atoms with van der Waals surface area (Å²) in [6.45, 7) is 4.57. The van der Waals surface area contributed by atoms with Crippen molar-refractivity contribution in [3.63, 3.8) is 0 Å². The molecule has 0 aliphatic heterocycles. The van der Waals surface area contributed by atoms with Crippen LogP contribution >= 0.6 is 12.2 Å². The number of nitrogens with zero attached hydrogens (tertiary/aromatic N) is 3. The summed E-state index contributed by atoms with van der Waals surface area (Å²) in [7, 11) is 1.69. The SMILES string of the molecule is CCCCN(C)C(=O)c1cc(-c2n[nH]c(=S)n2-c2ccccc2C)c(O)cc1O. The minimum absolute atomic E-state index is 0.0988. The first-order valence-corrected chi connectivity index (χ1v) is 9.81. The lowest BCUT2D eigenvalue weighted by Crippen LogP contribution is -2.27. The number of aromatic nitrogens is 3. The predicted octanol–water partition coefficient (Wildman–Crippen LogP) is 4.19. The molecule has 3 rings (SSSR count). The van der Waals surface area contributed by atoms with Gasteiger partial charge in [0, 0.05) is 19.7 Å². The lowest BCUT2D eigenvalue weighted by atomic mass is 10.1. The third-order valence-corrected chi connectivity index (χ3v) is 5.08. The second kappa shape index (κ2) is 8.48. The van der Waals surface area contributed by atoms with Crippen molar-refractivity contribution in [1.82, 2.24) is 19.7 Å². The summed E-state index contributed by atoms with van der Waals surface area (Å²) < 4.78 is 2.06. The Morgan fingerprint density at radius 3 is 2.66 bits per heavy atom. The summed E-state index contributed by atoms with van der Waals surface area (Å²) in [5.41, 5.74) is 2.18. The molecule has 1 heterocycles. The topological polar surface area (TPSA) is 94.4 Å². The number of hydrogen-bond acceptors (Lipinski definition) is 5. The largest absolute Gasteiger partial charge is 0.507 e. The predicted molar refractivity (Wildman–Crippen MR) is 114 cm³/mol. The summed E-state index contributed by atoms with van der Waals surface area (Å²) in [4.78, 5) is 14.4. The molecule has 0 aliphatic rings. The van der Waals surface area contributed by atoms with Crippen LogP contribution in [0.3, 0.4) is 0 Å². The van der Waals surface area contributed by atoms with E-state index in [1.807, 2.05) is 38.1 Å². The van der Waals surface area contributed by atoms with E-state index in [2.05, 4.69) is 10.2 Å². The maximum atomic E-state index is 12.8. The number of rotatable bonds is 6. The van der Waals surface area contributed by atoms with Gasteiger partial charge >= 0.3 is 0 Å².